The fraction of sp³-hybridized carbons (Fsp3) is 0.150. The lowest BCUT2D eigenvalue weighted by molar-refractivity contribution is 0.0999. The largest absolute Gasteiger partial charge is 0.497 e. The van der Waals surface area contributed by atoms with E-state index in [-0.39, 0.29) is 0 Å². The minimum atomic E-state index is -0.454. The maximum absolute atomic E-state index is 11.8. The second kappa shape index (κ2) is 7.44. The highest BCUT2D eigenvalue weighted by Gasteiger charge is 2.17. The van der Waals surface area contributed by atoms with Crippen molar-refractivity contribution < 1.29 is 9.53 Å². The van der Waals surface area contributed by atoms with Gasteiger partial charge in [-0.2, -0.15) is 0 Å². The molecule has 1 heterocycles. The van der Waals surface area contributed by atoms with Crippen molar-refractivity contribution >= 4 is 29.1 Å². The van der Waals surface area contributed by atoms with Crippen molar-refractivity contribution in [3.8, 4) is 17.0 Å². The van der Waals surface area contributed by atoms with E-state index in [0.717, 1.165) is 28.3 Å². The van der Waals surface area contributed by atoms with Gasteiger partial charge in [-0.1, -0.05) is 29.3 Å². The number of carbonyl (C=O) groups excluding carboxylic acids is 1. The highest BCUT2D eigenvalue weighted by Crippen LogP contribution is 2.29. The monoisotopic (exact) mass is 388 g/mol. The fourth-order valence-electron chi connectivity index (χ4n) is 2.92. The Labute approximate surface area is 162 Å². The topological polar surface area (TPSA) is 57.2 Å². The summed E-state index contributed by atoms with van der Waals surface area (Å²) in [7, 11) is 1.62. The predicted octanol–water partition coefficient (Wildman–Crippen LogP) is 4.93. The molecule has 26 heavy (non-hydrogen) atoms. The Morgan fingerprint density at radius 2 is 1.77 bits per heavy atom. The highest BCUT2D eigenvalue weighted by atomic mass is 35.5. The Bertz CT molecular complexity index is 963. The average Bonchev–Trinajstić information content (AvgIpc) is 2.95. The van der Waals surface area contributed by atoms with E-state index in [0.29, 0.717) is 22.2 Å². The van der Waals surface area contributed by atoms with E-state index < -0.39 is 5.91 Å². The van der Waals surface area contributed by atoms with E-state index in [1.807, 2.05) is 54.0 Å². The summed E-state index contributed by atoms with van der Waals surface area (Å²) in [4.78, 5) is 11.8. The van der Waals surface area contributed by atoms with Gasteiger partial charge in [-0.15, -0.1) is 0 Å². The Balaban J connectivity index is 2.09. The number of ether oxygens (including phenoxy) is 1. The van der Waals surface area contributed by atoms with Gasteiger partial charge in [-0.3, -0.25) is 4.79 Å². The van der Waals surface area contributed by atoms with E-state index in [9.17, 15) is 4.79 Å². The molecule has 0 aliphatic rings. The summed E-state index contributed by atoms with van der Waals surface area (Å²) in [6, 6.07) is 15.0. The van der Waals surface area contributed by atoms with Crippen LogP contribution in [-0.2, 0) is 6.54 Å². The fourth-order valence-corrected chi connectivity index (χ4v) is 3.24. The minimum Gasteiger partial charge on any atom is -0.497 e. The molecule has 0 saturated carbocycles. The van der Waals surface area contributed by atoms with Crippen LogP contribution in [0.25, 0.3) is 11.3 Å². The van der Waals surface area contributed by atoms with Crippen LogP contribution >= 0.6 is 23.2 Å². The normalized spacial score (nSPS) is 10.8. The van der Waals surface area contributed by atoms with Gasteiger partial charge in [0.2, 0.25) is 0 Å². The molecular weight excluding hydrogens is 371 g/mol. The number of aromatic nitrogens is 1. The van der Waals surface area contributed by atoms with Crippen molar-refractivity contribution in [1.82, 2.24) is 4.57 Å². The van der Waals surface area contributed by atoms with Crippen molar-refractivity contribution in [2.24, 2.45) is 5.73 Å². The number of hydrogen-bond acceptors (Lipinski definition) is 2. The zero-order valence-corrected chi connectivity index (χ0v) is 15.9. The van der Waals surface area contributed by atoms with Gasteiger partial charge in [0.15, 0.2) is 0 Å². The summed E-state index contributed by atoms with van der Waals surface area (Å²) in [5.41, 5.74) is 9.67. The molecule has 2 aromatic carbocycles. The Morgan fingerprint density at radius 1 is 1.08 bits per heavy atom. The molecule has 2 N–H and O–H groups in total. The quantitative estimate of drug-likeness (QED) is 0.673. The van der Waals surface area contributed by atoms with Crippen molar-refractivity contribution in [3.63, 3.8) is 0 Å². The Kier molecular flexibility index (Phi) is 5.25. The lowest BCUT2D eigenvalue weighted by Gasteiger charge is -2.13. The number of rotatable bonds is 5. The van der Waals surface area contributed by atoms with Crippen LogP contribution in [0.15, 0.2) is 48.5 Å². The number of nitrogens with zero attached hydrogens (tertiary/aromatic N) is 1. The summed E-state index contributed by atoms with van der Waals surface area (Å²) in [5, 5.41) is 1.00. The molecule has 0 aliphatic carbocycles. The highest BCUT2D eigenvalue weighted by molar-refractivity contribution is 6.42. The molecule has 0 saturated heterocycles. The number of amides is 1. The third-order valence-corrected chi connectivity index (χ3v) is 5.08. The third-order valence-electron chi connectivity index (χ3n) is 4.34. The second-order valence-corrected chi connectivity index (χ2v) is 6.77. The first-order valence-electron chi connectivity index (χ1n) is 7.99. The lowest BCUT2D eigenvalue weighted by atomic mass is 10.1. The first-order chi connectivity index (χ1) is 12.4. The second-order valence-electron chi connectivity index (χ2n) is 5.96. The van der Waals surface area contributed by atoms with Crippen molar-refractivity contribution in [2.75, 3.05) is 7.11 Å². The Hall–Kier alpha value is -2.43. The standard InChI is InChI=1S/C20H18Cl2N2O2/c1-12-16(20(23)25)10-19(14-4-6-15(26-2)7-5-14)24(12)11-13-3-8-17(21)18(22)9-13/h3-10H,11H2,1-2H3,(H2,23,25). The van der Waals surface area contributed by atoms with E-state index in [2.05, 4.69) is 0 Å². The van der Waals surface area contributed by atoms with Crippen LogP contribution in [0.5, 0.6) is 5.75 Å². The number of carbonyl (C=O) groups is 1. The van der Waals surface area contributed by atoms with Crippen LogP contribution in [0.4, 0.5) is 0 Å². The molecule has 0 radical (unpaired) electrons. The molecule has 3 aromatic rings. The van der Waals surface area contributed by atoms with Crippen molar-refractivity contribution in [1.29, 1.82) is 0 Å². The van der Waals surface area contributed by atoms with Crippen LogP contribution < -0.4 is 10.5 Å². The molecule has 0 bridgehead atoms. The zero-order chi connectivity index (χ0) is 18.8. The predicted molar refractivity (Wildman–Crippen MR) is 105 cm³/mol. The van der Waals surface area contributed by atoms with E-state index in [4.69, 9.17) is 33.7 Å². The van der Waals surface area contributed by atoms with E-state index >= 15 is 0 Å². The summed E-state index contributed by atoms with van der Waals surface area (Å²) in [5.74, 6) is 0.313. The summed E-state index contributed by atoms with van der Waals surface area (Å²) < 4.78 is 7.26. The number of benzene rings is 2. The van der Waals surface area contributed by atoms with Gasteiger partial charge in [-0.05, 0) is 60.5 Å². The van der Waals surface area contributed by atoms with Crippen LogP contribution in [0.1, 0.15) is 21.6 Å². The van der Waals surface area contributed by atoms with Crippen LogP contribution in [0.2, 0.25) is 10.0 Å². The van der Waals surface area contributed by atoms with E-state index in [1.54, 1.807) is 13.2 Å². The van der Waals surface area contributed by atoms with Crippen LogP contribution in [0.3, 0.4) is 0 Å². The molecule has 0 unspecified atom stereocenters. The summed E-state index contributed by atoms with van der Waals surface area (Å²) in [6.45, 7) is 2.42. The molecule has 4 nitrogen and oxygen atoms in total. The number of methoxy groups -OCH3 is 1. The van der Waals surface area contributed by atoms with Gasteiger partial charge in [0.05, 0.1) is 22.7 Å². The number of primary amides is 1. The smallest absolute Gasteiger partial charge is 0.250 e. The van der Waals surface area contributed by atoms with Gasteiger partial charge in [0.1, 0.15) is 5.75 Å². The molecule has 1 amide bonds. The summed E-state index contributed by atoms with van der Waals surface area (Å²) >= 11 is 12.1. The molecule has 134 valence electrons. The average molecular weight is 389 g/mol. The van der Waals surface area contributed by atoms with Gasteiger partial charge in [0, 0.05) is 17.9 Å². The van der Waals surface area contributed by atoms with Gasteiger partial charge < -0.3 is 15.0 Å². The number of hydrogen-bond donors (Lipinski definition) is 1. The molecule has 0 fully saturated rings. The molecular formula is C20H18Cl2N2O2. The molecule has 3 rings (SSSR count). The van der Waals surface area contributed by atoms with Gasteiger partial charge >= 0.3 is 0 Å². The zero-order valence-electron chi connectivity index (χ0n) is 14.4. The third kappa shape index (κ3) is 3.57. The maximum Gasteiger partial charge on any atom is 0.250 e. The van der Waals surface area contributed by atoms with Gasteiger partial charge in [-0.25, -0.2) is 0 Å². The van der Waals surface area contributed by atoms with Crippen molar-refractivity contribution in [2.45, 2.75) is 13.5 Å². The SMILES string of the molecule is COc1ccc(-c2cc(C(N)=O)c(C)n2Cc2ccc(Cl)c(Cl)c2)cc1. The first-order valence-corrected chi connectivity index (χ1v) is 8.74. The molecule has 0 atom stereocenters. The molecule has 6 heteroatoms. The van der Waals surface area contributed by atoms with Crippen molar-refractivity contribution in [3.05, 3.63) is 75.4 Å². The molecule has 1 aromatic heterocycles. The maximum atomic E-state index is 11.8. The summed E-state index contributed by atoms with van der Waals surface area (Å²) in [6.07, 6.45) is 0. The number of halogens is 2. The van der Waals surface area contributed by atoms with Gasteiger partial charge in [0.25, 0.3) is 5.91 Å². The van der Waals surface area contributed by atoms with E-state index in [1.165, 1.54) is 0 Å². The lowest BCUT2D eigenvalue weighted by Crippen LogP contribution is -2.12. The Morgan fingerprint density at radius 3 is 2.35 bits per heavy atom. The minimum absolute atomic E-state index is 0.454. The first kappa shape index (κ1) is 18.4. The van der Waals surface area contributed by atoms with Crippen LogP contribution in [0, 0.1) is 6.92 Å². The number of nitrogens with two attached hydrogens (primary N) is 1. The molecule has 0 aliphatic heterocycles. The van der Waals surface area contributed by atoms with Crippen LogP contribution in [-0.4, -0.2) is 17.6 Å². The molecule has 0 spiro atoms.